The Bertz CT molecular complexity index is 502. The molecule has 0 radical (unpaired) electrons. The highest BCUT2D eigenvalue weighted by Gasteiger charge is 2.10. The average molecular weight is 257 g/mol. The molecule has 102 valence electrons. The molecule has 0 aliphatic rings. The van der Waals surface area contributed by atoms with Gasteiger partial charge in [-0.1, -0.05) is 25.1 Å². The van der Waals surface area contributed by atoms with Crippen molar-refractivity contribution in [3.05, 3.63) is 59.0 Å². The van der Waals surface area contributed by atoms with Crippen LogP contribution < -0.4 is 5.32 Å². The van der Waals surface area contributed by atoms with Crippen LogP contribution in [0.5, 0.6) is 0 Å². The summed E-state index contributed by atoms with van der Waals surface area (Å²) in [5.74, 6) is 0. The largest absolute Gasteiger partial charge is 0.472 e. The summed E-state index contributed by atoms with van der Waals surface area (Å²) in [6, 6.07) is 9.26. The molecule has 0 aliphatic carbocycles. The fourth-order valence-electron chi connectivity index (χ4n) is 2.41. The van der Waals surface area contributed by atoms with Gasteiger partial charge in [-0.2, -0.15) is 0 Å². The number of likely N-dealkylation sites (N-methyl/N-ethyl adjacent to an activating group) is 1. The number of furan rings is 1. The van der Waals surface area contributed by atoms with Crippen molar-refractivity contribution in [1.82, 2.24) is 5.32 Å². The number of benzene rings is 1. The van der Waals surface area contributed by atoms with Crippen molar-refractivity contribution in [2.24, 2.45) is 0 Å². The lowest BCUT2D eigenvalue weighted by molar-refractivity contribution is 0.513. The molecule has 1 aromatic carbocycles. The molecule has 2 rings (SSSR count). The van der Waals surface area contributed by atoms with Crippen LogP contribution in [0.15, 0.2) is 41.2 Å². The highest BCUT2D eigenvalue weighted by molar-refractivity contribution is 5.30. The standard InChI is InChI=1S/C17H23NO/c1-4-18-17(11-16-7-8-19-12-16)10-15-6-5-13(2)14(3)9-15/h5-9,12,17-18H,4,10-11H2,1-3H3. The van der Waals surface area contributed by atoms with Gasteiger partial charge in [0.15, 0.2) is 0 Å². The Labute approximate surface area is 115 Å². The SMILES string of the molecule is CCNC(Cc1ccoc1)Cc1ccc(C)c(C)c1. The van der Waals surface area contributed by atoms with Gasteiger partial charge < -0.3 is 9.73 Å². The van der Waals surface area contributed by atoms with Gasteiger partial charge in [-0.3, -0.25) is 0 Å². The summed E-state index contributed by atoms with van der Waals surface area (Å²) in [5, 5.41) is 3.56. The Hall–Kier alpha value is -1.54. The van der Waals surface area contributed by atoms with E-state index >= 15 is 0 Å². The summed E-state index contributed by atoms with van der Waals surface area (Å²) < 4.78 is 5.15. The zero-order valence-corrected chi connectivity index (χ0v) is 12.1. The van der Waals surface area contributed by atoms with Crippen LogP contribution in [0.1, 0.15) is 29.2 Å². The molecule has 1 heterocycles. The van der Waals surface area contributed by atoms with Crippen LogP contribution >= 0.6 is 0 Å². The first-order valence-corrected chi connectivity index (χ1v) is 6.99. The molecule has 1 aromatic heterocycles. The van der Waals surface area contributed by atoms with Crippen molar-refractivity contribution in [2.75, 3.05) is 6.54 Å². The summed E-state index contributed by atoms with van der Waals surface area (Å²) in [6.45, 7) is 7.49. The highest BCUT2D eigenvalue weighted by Crippen LogP contribution is 2.14. The van der Waals surface area contributed by atoms with Gasteiger partial charge in [0, 0.05) is 6.04 Å². The Balaban J connectivity index is 2.05. The predicted octanol–water partition coefficient (Wildman–Crippen LogP) is 3.66. The van der Waals surface area contributed by atoms with E-state index in [1.807, 2.05) is 12.3 Å². The quantitative estimate of drug-likeness (QED) is 0.854. The third-order valence-electron chi connectivity index (χ3n) is 3.61. The molecule has 2 heteroatoms. The number of hydrogen-bond acceptors (Lipinski definition) is 2. The second kappa shape index (κ2) is 6.58. The molecule has 2 nitrogen and oxygen atoms in total. The molecule has 1 N–H and O–H groups in total. The second-order valence-corrected chi connectivity index (χ2v) is 5.21. The minimum Gasteiger partial charge on any atom is -0.472 e. The topological polar surface area (TPSA) is 25.2 Å². The van der Waals surface area contributed by atoms with Crippen LogP contribution in [-0.4, -0.2) is 12.6 Å². The molecule has 1 unspecified atom stereocenters. The van der Waals surface area contributed by atoms with Gasteiger partial charge >= 0.3 is 0 Å². The van der Waals surface area contributed by atoms with Crippen molar-refractivity contribution in [3.8, 4) is 0 Å². The van der Waals surface area contributed by atoms with Crippen LogP contribution in [-0.2, 0) is 12.8 Å². The monoisotopic (exact) mass is 257 g/mol. The lowest BCUT2D eigenvalue weighted by Crippen LogP contribution is -2.32. The van der Waals surface area contributed by atoms with Crippen LogP contribution in [0, 0.1) is 13.8 Å². The number of rotatable bonds is 6. The lowest BCUT2D eigenvalue weighted by atomic mass is 9.97. The Morgan fingerprint density at radius 1 is 1.05 bits per heavy atom. The van der Waals surface area contributed by atoms with E-state index in [0.29, 0.717) is 6.04 Å². The average Bonchev–Trinajstić information content (AvgIpc) is 2.87. The maximum Gasteiger partial charge on any atom is 0.0935 e. The number of hydrogen-bond donors (Lipinski definition) is 1. The zero-order chi connectivity index (χ0) is 13.7. The van der Waals surface area contributed by atoms with E-state index in [1.54, 1.807) is 6.26 Å². The van der Waals surface area contributed by atoms with Crippen molar-refractivity contribution < 1.29 is 4.42 Å². The third-order valence-corrected chi connectivity index (χ3v) is 3.61. The van der Waals surface area contributed by atoms with Crippen LogP contribution in [0.4, 0.5) is 0 Å². The summed E-state index contributed by atoms with van der Waals surface area (Å²) in [4.78, 5) is 0. The van der Waals surface area contributed by atoms with Gasteiger partial charge in [0.2, 0.25) is 0 Å². The minimum atomic E-state index is 0.463. The zero-order valence-electron chi connectivity index (χ0n) is 12.1. The lowest BCUT2D eigenvalue weighted by Gasteiger charge is -2.18. The first-order valence-electron chi connectivity index (χ1n) is 6.99. The van der Waals surface area contributed by atoms with Crippen molar-refractivity contribution in [1.29, 1.82) is 0 Å². The number of aryl methyl sites for hydroxylation is 2. The first-order chi connectivity index (χ1) is 9.19. The summed E-state index contributed by atoms with van der Waals surface area (Å²) in [7, 11) is 0. The van der Waals surface area contributed by atoms with Crippen molar-refractivity contribution in [2.45, 2.75) is 39.7 Å². The van der Waals surface area contributed by atoms with Crippen LogP contribution in [0.2, 0.25) is 0 Å². The minimum absolute atomic E-state index is 0.463. The fourth-order valence-corrected chi connectivity index (χ4v) is 2.41. The van der Waals surface area contributed by atoms with E-state index in [-0.39, 0.29) is 0 Å². The van der Waals surface area contributed by atoms with Gasteiger partial charge in [0.05, 0.1) is 12.5 Å². The highest BCUT2D eigenvalue weighted by atomic mass is 16.3. The maximum atomic E-state index is 5.15. The second-order valence-electron chi connectivity index (χ2n) is 5.21. The van der Waals surface area contributed by atoms with E-state index in [0.717, 1.165) is 19.4 Å². The summed E-state index contributed by atoms with van der Waals surface area (Å²) in [5.41, 5.74) is 5.39. The normalized spacial score (nSPS) is 12.6. The Morgan fingerprint density at radius 3 is 2.47 bits per heavy atom. The van der Waals surface area contributed by atoms with Gasteiger partial charge in [0.25, 0.3) is 0 Å². The fraction of sp³-hybridized carbons (Fsp3) is 0.412. The Morgan fingerprint density at radius 2 is 1.84 bits per heavy atom. The molecule has 0 fully saturated rings. The molecule has 0 saturated carbocycles. The van der Waals surface area contributed by atoms with Crippen molar-refractivity contribution in [3.63, 3.8) is 0 Å². The Kier molecular flexibility index (Phi) is 4.80. The van der Waals surface area contributed by atoms with Gasteiger partial charge in [-0.05, 0) is 61.6 Å². The predicted molar refractivity (Wildman–Crippen MR) is 79.5 cm³/mol. The third kappa shape index (κ3) is 3.97. The van der Waals surface area contributed by atoms with Crippen LogP contribution in [0.3, 0.4) is 0 Å². The molecule has 2 aromatic rings. The molecular weight excluding hydrogens is 234 g/mol. The van der Waals surface area contributed by atoms with Gasteiger partial charge in [0.1, 0.15) is 0 Å². The van der Waals surface area contributed by atoms with E-state index < -0.39 is 0 Å². The van der Waals surface area contributed by atoms with Crippen LogP contribution in [0.25, 0.3) is 0 Å². The summed E-state index contributed by atoms with van der Waals surface area (Å²) in [6.07, 6.45) is 5.65. The van der Waals surface area contributed by atoms with E-state index in [4.69, 9.17) is 4.42 Å². The molecule has 19 heavy (non-hydrogen) atoms. The number of nitrogens with one attached hydrogen (secondary N) is 1. The van der Waals surface area contributed by atoms with E-state index in [9.17, 15) is 0 Å². The molecule has 0 spiro atoms. The van der Waals surface area contributed by atoms with Gasteiger partial charge in [-0.25, -0.2) is 0 Å². The smallest absolute Gasteiger partial charge is 0.0935 e. The van der Waals surface area contributed by atoms with Crippen molar-refractivity contribution >= 4 is 0 Å². The first kappa shape index (κ1) is 13.9. The van der Waals surface area contributed by atoms with E-state index in [1.165, 1.54) is 22.3 Å². The molecule has 0 bridgehead atoms. The molecular formula is C17H23NO. The maximum absolute atomic E-state index is 5.15. The molecule has 0 aliphatic heterocycles. The van der Waals surface area contributed by atoms with Gasteiger partial charge in [-0.15, -0.1) is 0 Å². The molecule has 0 saturated heterocycles. The molecule has 1 atom stereocenters. The molecule has 0 amide bonds. The van der Waals surface area contributed by atoms with E-state index in [2.05, 4.69) is 44.3 Å². The summed E-state index contributed by atoms with van der Waals surface area (Å²) >= 11 is 0.